The lowest BCUT2D eigenvalue weighted by molar-refractivity contribution is -0.124. The van der Waals surface area contributed by atoms with Gasteiger partial charge in [-0.3, -0.25) is 9.59 Å². The number of hydrogen-bond donors (Lipinski definition) is 0. The van der Waals surface area contributed by atoms with Crippen LogP contribution in [0, 0.1) is 28.6 Å². The van der Waals surface area contributed by atoms with Gasteiger partial charge in [-0.15, -0.1) is 0 Å². The van der Waals surface area contributed by atoms with Gasteiger partial charge in [0.05, 0.1) is 0 Å². The summed E-state index contributed by atoms with van der Waals surface area (Å²) in [6, 6.07) is 0. The highest BCUT2D eigenvalue weighted by molar-refractivity contribution is 5.94. The monoisotopic (exact) mass is 298 g/mol. The number of carbonyl (C=O) groups excluding carboxylic acids is 2. The zero-order valence-corrected chi connectivity index (χ0v) is 13.9. The number of hydrogen-bond acceptors (Lipinski definition) is 2. The summed E-state index contributed by atoms with van der Waals surface area (Å²) in [4.78, 5) is 24.1. The minimum atomic E-state index is 0.0905. The lowest BCUT2D eigenvalue weighted by atomic mass is 9.50. The van der Waals surface area contributed by atoms with Crippen LogP contribution in [0.4, 0.5) is 0 Å². The normalized spacial score (nSPS) is 46.5. The molecule has 4 aliphatic rings. The van der Waals surface area contributed by atoms with E-state index in [2.05, 4.69) is 19.9 Å². The highest BCUT2D eigenvalue weighted by Crippen LogP contribution is 2.65. The van der Waals surface area contributed by atoms with Crippen molar-refractivity contribution in [3.63, 3.8) is 0 Å². The van der Waals surface area contributed by atoms with Crippen molar-refractivity contribution in [1.82, 2.24) is 0 Å². The number of fused-ring (bicyclic) bond motifs is 5. The third-order valence-electron chi connectivity index (χ3n) is 7.51. The number of allylic oxidation sites excluding steroid dienone is 4. The van der Waals surface area contributed by atoms with Gasteiger partial charge in [-0.1, -0.05) is 31.1 Å². The van der Waals surface area contributed by atoms with Crippen molar-refractivity contribution in [3.8, 4) is 0 Å². The van der Waals surface area contributed by atoms with Crippen LogP contribution < -0.4 is 0 Å². The summed E-state index contributed by atoms with van der Waals surface area (Å²) in [5.41, 5.74) is 3.15. The maximum atomic E-state index is 12.1. The Morgan fingerprint density at radius 2 is 2.00 bits per heavy atom. The Bertz CT molecular complexity index is 626. The third kappa shape index (κ3) is 1.67. The van der Waals surface area contributed by atoms with Gasteiger partial charge in [0, 0.05) is 12.3 Å². The summed E-state index contributed by atoms with van der Waals surface area (Å²) in [6.45, 7) is 6.40. The van der Waals surface area contributed by atoms with Crippen LogP contribution in [0.25, 0.3) is 0 Å². The fraction of sp³-hybridized carbons (Fsp3) is 0.700. The zero-order valence-electron chi connectivity index (χ0n) is 13.9. The Morgan fingerprint density at radius 3 is 2.73 bits per heavy atom. The first-order chi connectivity index (χ1) is 10.4. The minimum absolute atomic E-state index is 0.0905. The van der Waals surface area contributed by atoms with Gasteiger partial charge >= 0.3 is 0 Å². The molecule has 0 N–H and O–H groups in total. The summed E-state index contributed by atoms with van der Waals surface area (Å²) in [5.74, 6) is 2.07. The maximum Gasteiger partial charge on any atom is 0.156 e. The summed E-state index contributed by atoms with van der Waals surface area (Å²) in [7, 11) is 0. The number of Topliss-reactive ketones (excluding diaryl/α,β-unsaturated/α-hetero) is 1. The largest absolute Gasteiger partial charge is 0.300 e. The first kappa shape index (κ1) is 14.4. The van der Waals surface area contributed by atoms with Gasteiger partial charge in [-0.05, 0) is 67.8 Å². The summed E-state index contributed by atoms with van der Waals surface area (Å²) >= 11 is 0. The molecule has 0 spiro atoms. The molecule has 2 saturated carbocycles. The van der Waals surface area contributed by atoms with E-state index in [0.717, 1.165) is 19.3 Å². The Morgan fingerprint density at radius 1 is 1.23 bits per heavy atom. The molecule has 2 fully saturated rings. The second-order valence-corrected chi connectivity index (χ2v) is 8.50. The lowest BCUT2D eigenvalue weighted by Crippen LogP contribution is -2.46. The fourth-order valence-corrected chi connectivity index (χ4v) is 6.36. The molecule has 0 aliphatic heterocycles. The van der Waals surface area contributed by atoms with Crippen molar-refractivity contribution < 1.29 is 9.59 Å². The van der Waals surface area contributed by atoms with E-state index in [4.69, 9.17) is 0 Å². The van der Waals surface area contributed by atoms with Crippen LogP contribution >= 0.6 is 0 Å². The molecule has 0 radical (unpaired) electrons. The van der Waals surface area contributed by atoms with Crippen molar-refractivity contribution in [3.05, 3.63) is 23.3 Å². The van der Waals surface area contributed by atoms with Crippen LogP contribution in [0.5, 0.6) is 0 Å². The van der Waals surface area contributed by atoms with E-state index in [-0.39, 0.29) is 16.7 Å². The average molecular weight is 298 g/mol. The van der Waals surface area contributed by atoms with Crippen LogP contribution in [-0.2, 0) is 9.59 Å². The van der Waals surface area contributed by atoms with Crippen LogP contribution in [0.15, 0.2) is 23.3 Å². The quantitative estimate of drug-likeness (QED) is 0.678. The van der Waals surface area contributed by atoms with Gasteiger partial charge in [-0.2, -0.15) is 0 Å². The van der Waals surface area contributed by atoms with Gasteiger partial charge in [-0.25, -0.2) is 0 Å². The molecule has 0 aromatic carbocycles. The standard InChI is InChI=1S/C20H26O2/c1-12(21)16-6-7-17-15-5-4-13-10-14(22)11-20(13,3)18(15)8-9-19(16,17)2/h7,10,15-16,18H,4-6,8-9,11H2,1-3H3/t15-,16-,18-,19-,20-/m1/s1. The van der Waals surface area contributed by atoms with Gasteiger partial charge in [0.25, 0.3) is 0 Å². The van der Waals surface area contributed by atoms with Crippen molar-refractivity contribution in [2.24, 2.45) is 28.6 Å². The molecular weight excluding hydrogens is 272 g/mol. The maximum absolute atomic E-state index is 12.1. The first-order valence-electron chi connectivity index (χ1n) is 8.81. The second kappa shape index (κ2) is 4.43. The van der Waals surface area contributed by atoms with E-state index in [1.165, 1.54) is 18.4 Å². The smallest absolute Gasteiger partial charge is 0.156 e. The molecule has 4 rings (SSSR count). The molecule has 118 valence electrons. The Balaban J connectivity index is 1.70. The van der Waals surface area contributed by atoms with E-state index in [1.54, 1.807) is 12.5 Å². The Kier molecular flexibility index (Phi) is 2.90. The highest BCUT2D eigenvalue weighted by Gasteiger charge is 2.57. The number of carbonyl (C=O) groups is 2. The summed E-state index contributed by atoms with van der Waals surface area (Å²) < 4.78 is 0. The van der Waals surface area contributed by atoms with Crippen molar-refractivity contribution in [2.45, 2.75) is 59.3 Å². The van der Waals surface area contributed by atoms with Crippen molar-refractivity contribution >= 4 is 11.6 Å². The van der Waals surface area contributed by atoms with Crippen LogP contribution in [0.1, 0.15) is 59.3 Å². The predicted octanol–water partition coefficient (Wildman–Crippen LogP) is 4.25. The molecule has 4 aliphatic carbocycles. The second-order valence-electron chi connectivity index (χ2n) is 8.50. The highest BCUT2D eigenvalue weighted by atomic mass is 16.1. The van der Waals surface area contributed by atoms with E-state index < -0.39 is 0 Å². The van der Waals surface area contributed by atoms with E-state index >= 15 is 0 Å². The minimum Gasteiger partial charge on any atom is -0.300 e. The van der Waals surface area contributed by atoms with Gasteiger partial charge in [0.2, 0.25) is 0 Å². The number of ketones is 2. The van der Waals surface area contributed by atoms with Crippen molar-refractivity contribution in [2.75, 3.05) is 0 Å². The van der Waals surface area contributed by atoms with Gasteiger partial charge in [0.1, 0.15) is 5.78 Å². The number of rotatable bonds is 1. The molecular formula is C20H26O2. The Labute approximate surface area is 133 Å². The SMILES string of the molecule is CC(=O)[C@H]1CC=C2[C@H]3CCC4=CC(=O)C[C@@]4(C)[C@@H]3CC[C@@]21C. The molecule has 22 heavy (non-hydrogen) atoms. The van der Waals surface area contributed by atoms with Crippen LogP contribution in [-0.4, -0.2) is 11.6 Å². The van der Waals surface area contributed by atoms with E-state index in [9.17, 15) is 9.59 Å². The molecule has 0 saturated heterocycles. The summed E-state index contributed by atoms with van der Waals surface area (Å²) in [5, 5.41) is 0. The fourth-order valence-electron chi connectivity index (χ4n) is 6.36. The molecule has 2 nitrogen and oxygen atoms in total. The van der Waals surface area contributed by atoms with Crippen LogP contribution in [0.2, 0.25) is 0 Å². The van der Waals surface area contributed by atoms with Crippen molar-refractivity contribution in [1.29, 1.82) is 0 Å². The zero-order chi connectivity index (χ0) is 15.7. The van der Waals surface area contributed by atoms with Gasteiger partial charge in [0.15, 0.2) is 5.78 Å². The van der Waals surface area contributed by atoms with Crippen LogP contribution in [0.3, 0.4) is 0 Å². The Hall–Kier alpha value is -1.18. The summed E-state index contributed by atoms with van der Waals surface area (Å²) in [6.07, 6.45) is 10.5. The molecule has 0 bridgehead atoms. The topological polar surface area (TPSA) is 34.1 Å². The molecule has 0 aromatic rings. The molecule has 0 heterocycles. The lowest BCUT2D eigenvalue weighted by Gasteiger charge is -2.54. The molecule has 5 atom stereocenters. The molecule has 0 aromatic heterocycles. The average Bonchev–Trinajstić information content (AvgIpc) is 2.93. The van der Waals surface area contributed by atoms with E-state index in [0.29, 0.717) is 29.8 Å². The molecule has 2 heteroatoms. The molecule has 0 unspecified atom stereocenters. The van der Waals surface area contributed by atoms with Gasteiger partial charge < -0.3 is 0 Å². The first-order valence-corrected chi connectivity index (χ1v) is 8.81. The predicted molar refractivity (Wildman–Crippen MR) is 86.2 cm³/mol. The van der Waals surface area contributed by atoms with E-state index in [1.807, 2.05) is 6.08 Å². The third-order valence-corrected chi connectivity index (χ3v) is 7.51. The molecule has 0 amide bonds.